The van der Waals surface area contributed by atoms with E-state index in [2.05, 4.69) is 4.98 Å². The van der Waals surface area contributed by atoms with E-state index in [1.54, 1.807) is 36.2 Å². The van der Waals surface area contributed by atoms with Crippen molar-refractivity contribution >= 4 is 39.1 Å². The summed E-state index contributed by atoms with van der Waals surface area (Å²) in [5.74, 6) is -0.707. The van der Waals surface area contributed by atoms with E-state index in [9.17, 15) is 14.4 Å². The van der Waals surface area contributed by atoms with Gasteiger partial charge in [-0.25, -0.2) is 4.98 Å². The van der Waals surface area contributed by atoms with Crippen molar-refractivity contribution in [2.75, 3.05) is 19.7 Å². The lowest BCUT2D eigenvalue weighted by atomic mass is 9.98. The van der Waals surface area contributed by atoms with E-state index in [0.29, 0.717) is 40.4 Å². The molecule has 4 rings (SSSR count). The van der Waals surface area contributed by atoms with Crippen LogP contribution in [-0.2, 0) is 9.53 Å². The predicted octanol–water partition coefficient (Wildman–Crippen LogP) is 2.32. The van der Waals surface area contributed by atoms with Gasteiger partial charge in [0, 0.05) is 19.3 Å². The first-order valence-electron chi connectivity index (χ1n) is 8.95. The van der Waals surface area contributed by atoms with E-state index >= 15 is 0 Å². The standard InChI is InChI=1S/C19H19N3O4S/c1-2-26-19(25)12-6-5-8-21(11-12)18(24)14-10-13-16(27-14)20-15-7-3-4-9-22(15)17(13)23/h3-4,7,9-10,12H,2,5-6,8,11H2,1H3/t12-/m1/s1. The second-order valence-electron chi connectivity index (χ2n) is 6.52. The molecule has 0 spiro atoms. The van der Waals surface area contributed by atoms with Gasteiger partial charge in [0.2, 0.25) is 0 Å². The van der Waals surface area contributed by atoms with Gasteiger partial charge in [0.05, 0.1) is 22.8 Å². The molecule has 0 radical (unpaired) electrons. The van der Waals surface area contributed by atoms with E-state index in [1.807, 2.05) is 6.07 Å². The average Bonchev–Trinajstić information content (AvgIpc) is 3.12. The maximum absolute atomic E-state index is 12.9. The van der Waals surface area contributed by atoms with Crippen molar-refractivity contribution in [2.24, 2.45) is 5.92 Å². The van der Waals surface area contributed by atoms with Crippen LogP contribution >= 0.6 is 11.3 Å². The van der Waals surface area contributed by atoms with Gasteiger partial charge in [-0.1, -0.05) is 6.07 Å². The van der Waals surface area contributed by atoms with Crippen molar-refractivity contribution < 1.29 is 14.3 Å². The smallest absolute Gasteiger partial charge is 0.310 e. The third-order valence-electron chi connectivity index (χ3n) is 4.76. The van der Waals surface area contributed by atoms with Gasteiger partial charge >= 0.3 is 5.97 Å². The molecule has 1 atom stereocenters. The van der Waals surface area contributed by atoms with E-state index < -0.39 is 0 Å². The van der Waals surface area contributed by atoms with Crippen molar-refractivity contribution in [3.05, 3.63) is 45.7 Å². The lowest BCUT2D eigenvalue weighted by molar-refractivity contribution is -0.149. The number of hydrogen-bond acceptors (Lipinski definition) is 6. The van der Waals surface area contributed by atoms with Crippen molar-refractivity contribution in [3.8, 4) is 0 Å². The Balaban J connectivity index is 1.64. The number of hydrogen-bond donors (Lipinski definition) is 0. The van der Waals surface area contributed by atoms with E-state index in [4.69, 9.17) is 4.74 Å². The molecule has 1 amide bonds. The molecule has 0 bridgehead atoms. The molecule has 1 saturated heterocycles. The van der Waals surface area contributed by atoms with Crippen LogP contribution in [0, 0.1) is 5.92 Å². The number of esters is 1. The van der Waals surface area contributed by atoms with Gasteiger partial charge in [-0.15, -0.1) is 11.3 Å². The van der Waals surface area contributed by atoms with Crippen LogP contribution in [0.3, 0.4) is 0 Å². The van der Waals surface area contributed by atoms with Crippen molar-refractivity contribution in [2.45, 2.75) is 19.8 Å². The Labute approximate surface area is 159 Å². The zero-order valence-electron chi connectivity index (χ0n) is 14.9. The molecule has 8 heteroatoms. The summed E-state index contributed by atoms with van der Waals surface area (Å²) >= 11 is 1.22. The predicted molar refractivity (Wildman–Crippen MR) is 102 cm³/mol. The highest BCUT2D eigenvalue weighted by Crippen LogP contribution is 2.26. The number of amides is 1. The molecule has 0 N–H and O–H groups in total. The van der Waals surface area contributed by atoms with Crippen molar-refractivity contribution in [1.82, 2.24) is 14.3 Å². The number of ether oxygens (including phenoxy) is 1. The normalized spacial score (nSPS) is 17.4. The summed E-state index contributed by atoms with van der Waals surface area (Å²) in [6, 6.07) is 6.96. The molecule has 0 saturated carbocycles. The molecular formula is C19H19N3O4S. The molecule has 0 aromatic carbocycles. The minimum atomic E-state index is -0.289. The second-order valence-corrected chi connectivity index (χ2v) is 7.55. The number of thiophene rings is 1. The minimum Gasteiger partial charge on any atom is -0.466 e. The molecular weight excluding hydrogens is 366 g/mol. The third kappa shape index (κ3) is 3.21. The number of aromatic nitrogens is 2. The SMILES string of the molecule is CCOC(=O)[C@@H]1CCCN(C(=O)c2cc3c(=O)n4ccccc4nc3s2)C1. The van der Waals surface area contributed by atoms with Crippen LogP contribution in [0.5, 0.6) is 0 Å². The van der Waals surface area contributed by atoms with Gasteiger partial charge in [0.15, 0.2) is 0 Å². The summed E-state index contributed by atoms with van der Waals surface area (Å²) in [4.78, 5) is 44.8. The van der Waals surface area contributed by atoms with Crippen LogP contribution in [0.2, 0.25) is 0 Å². The van der Waals surface area contributed by atoms with Crippen LogP contribution in [-0.4, -0.2) is 45.9 Å². The number of carbonyl (C=O) groups is 2. The molecule has 3 aromatic heterocycles. The Kier molecular flexibility index (Phi) is 4.65. The van der Waals surface area contributed by atoms with Crippen LogP contribution in [0.25, 0.3) is 15.9 Å². The Morgan fingerprint density at radius 2 is 2.22 bits per heavy atom. The summed E-state index contributed by atoms with van der Waals surface area (Å²) in [6.07, 6.45) is 3.14. The summed E-state index contributed by atoms with van der Waals surface area (Å²) in [5, 5.41) is 0.436. The van der Waals surface area contributed by atoms with Gasteiger partial charge in [-0.05, 0) is 38.0 Å². The van der Waals surface area contributed by atoms with Crippen LogP contribution < -0.4 is 5.56 Å². The molecule has 1 fully saturated rings. The fraction of sp³-hybridized carbons (Fsp3) is 0.368. The number of carbonyl (C=O) groups excluding carboxylic acids is 2. The number of rotatable bonds is 3. The maximum Gasteiger partial charge on any atom is 0.310 e. The molecule has 4 heterocycles. The van der Waals surface area contributed by atoms with Gasteiger partial charge in [0.25, 0.3) is 11.5 Å². The van der Waals surface area contributed by atoms with Gasteiger partial charge in [-0.2, -0.15) is 0 Å². The molecule has 27 heavy (non-hydrogen) atoms. The Morgan fingerprint density at radius 3 is 3.04 bits per heavy atom. The first kappa shape index (κ1) is 17.7. The zero-order chi connectivity index (χ0) is 19.0. The van der Waals surface area contributed by atoms with E-state index in [0.717, 1.165) is 12.8 Å². The monoisotopic (exact) mass is 385 g/mol. The fourth-order valence-electron chi connectivity index (χ4n) is 3.42. The lowest BCUT2D eigenvalue weighted by Crippen LogP contribution is -2.42. The topological polar surface area (TPSA) is 81.0 Å². The van der Waals surface area contributed by atoms with Crippen molar-refractivity contribution in [3.63, 3.8) is 0 Å². The number of piperidine rings is 1. The first-order chi connectivity index (χ1) is 13.1. The highest BCUT2D eigenvalue weighted by molar-refractivity contribution is 7.20. The summed E-state index contributed by atoms with van der Waals surface area (Å²) in [6.45, 7) is 3.05. The molecule has 1 aliphatic heterocycles. The highest BCUT2D eigenvalue weighted by atomic mass is 32.1. The van der Waals surface area contributed by atoms with Gasteiger partial charge in [0.1, 0.15) is 10.5 Å². The zero-order valence-corrected chi connectivity index (χ0v) is 15.7. The lowest BCUT2D eigenvalue weighted by Gasteiger charge is -2.31. The number of fused-ring (bicyclic) bond motifs is 2. The van der Waals surface area contributed by atoms with Crippen LogP contribution in [0.15, 0.2) is 35.3 Å². The third-order valence-corrected chi connectivity index (χ3v) is 5.77. The molecule has 3 aromatic rings. The summed E-state index contributed by atoms with van der Waals surface area (Å²) < 4.78 is 6.57. The van der Waals surface area contributed by atoms with Crippen LogP contribution in [0.1, 0.15) is 29.4 Å². The Bertz CT molecular complexity index is 1090. The second kappa shape index (κ2) is 7.11. The average molecular weight is 385 g/mol. The minimum absolute atomic E-state index is 0.166. The fourth-order valence-corrected chi connectivity index (χ4v) is 4.42. The van der Waals surface area contributed by atoms with Gasteiger partial charge < -0.3 is 9.64 Å². The summed E-state index contributed by atoms with van der Waals surface area (Å²) in [5.41, 5.74) is 0.366. The van der Waals surface area contributed by atoms with E-state index in [-0.39, 0.29) is 23.4 Å². The number of likely N-dealkylation sites (tertiary alicyclic amines) is 1. The molecule has 0 unspecified atom stereocenters. The Hall–Kier alpha value is -2.74. The molecule has 0 aliphatic carbocycles. The van der Waals surface area contributed by atoms with E-state index in [1.165, 1.54) is 15.7 Å². The number of pyridine rings is 1. The first-order valence-corrected chi connectivity index (χ1v) is 9.77. The van der Waals surface area contributed by atoms with Gasteiger partial charge in [-0.3, -0.25) is 18.8 Å². The highest BCUT2D eigenvalue weighted by Gasteiger charge is 2.30. The van der Waals surface area contributed by atoms with Crippen molar-refractivity contribution in [1.29, 1.82) is 0 Å². The molecule has 7 nitrogen and oxygen atoms in total. The maximum atomic E-state index is 12.9. The Morgan fingerprint density at radius 1 is 1.37 bits per heavy atom. The molecule has 1 aliphatic rings. The number of nitrogens with zero attached hydrogens (tertiary/aromatic N) is 3. The molecule has 140 valence electrons. The quantitative estimate of drug-likeness (QED) is 0.647. The largest absolute Gasteiger partial charge is 0.466 e. The summed E-state index contributed by atoms with van der Waals surface area (Å²) in [7, 11) is 0. The van der Waals surface area contributed by atoms with Crippen LogP contribution in [0.4, 0.5) is 0 Å².